The first-order valence-corrected chi connectivity index (χ1v) is 7.67. The molecule has 0 aromatic carbocycles. The van der Waals surface area contributed by atoms with Crippen molar-refractivity contribution in [1.29, 1.82) is 0 Å². The van der Waals surface area contributed by atoms with Crippen molar-refractivity contribution in [3.8, 4) is 0 Å². The van der Waals surface area contributed by atoms with E-state index in [4.69, 9.17) is 9.84 Å². The lowest BCUT2D eigenvalue weighted by atomic mass is 10.2. The van der Waals surface area contributed by atoms with Crippen molar-refractivity contribution in [3.05, 3.63) is 0 Å². The van der Waals surface area contributed by atoms with Gasteiger partial charge in [-0.05, 0) is 7.05 Å². The molecule has 20 heavy (non-hydrogen) atoms. The number of methoxy groups -OCH3 is 1. The van der Waals surface area contributed by atoms with Crippen LogP contribution in [0.3, 0.4) is 0 Å². The molecule has 0 bridgehead atoms. The molecule has 0 radical (unpaired) electrons. The molecule has 2 unspecified atom stereocenters. The molecule has 1 heterocycles. The van der Waals surface area contributed by atoms with E-state index in [9.17, 15) is 18.0 Å². The lowest BCUT2D eigenvalue weighted by Crippen LogP contribution is -2.47. The minimum atomic E-state index is -3.41. The molecule has 0 saturated carbocycles. The van der Waals surface area contributed by atoms with Crippen LogP contribution < -0.4 is 10.0 Å². The lowest BCUT2D eigenvalue weighted by Gasteiger charge is -2.21. The highest BCUT2D eigenvalue weighted by Gasteiger charge is 2.39. The fourth-order valence-electron chi connectivity index (χ4n) is 1.92. The SMILES string of the molecule is CNS(=O)(=O)CCNC(=O)N1CC(OC)CC1C(=O)O. The zero-order valence-corrected chi connectivity index (χ0v) is 12.1. The number of rotatable bonds is 6. The van der Waals surface area contributed by atoms with Gasteiger partial charge in [-0.15, -0.1) is 0 Å². The molecule has 1 saturated heterocycles. The number of carbonyl (C=O) groups excluding carboxylic acids is 1. The molecule has 1 rings (SSSR count). The smallest absolute Gasteiger partial charge is 0.326 e. The van der Waals surface area contributed by atoms with Gasteiger partial charge in [-0.3, -0.25) is 0 Å². The highest BCUT2D eigenvalue weighted by atomic mass is 32.2. The second kappa shape index (κ2) is 6.86. The second-order valence-corrected chi connectivity index (χ2v) is 6.40. The quantitative estimate of drug-likeness (QED) is 0.544. The van der Waals surface area contributed by atoms with E-state index in [0.717, 1.165) is 4.90 Å². The molecule has 0 aliphatic carbocycles. The molecular weight excluding hydrogens is 290 g/mol. The minimum absolute atomic E-state index is 0.0947. The predicted octanol–water partition coefficient (Wildman–Crippen LogP) is -1.58. The largest absolute Gasteiger partial charge is 0.480 e. The second-order valence-electron chi connectivity index (χ2n) is 4.35. The summed E-state index contributed by atoms with van der Waals surface area (Å²) in [4.78, 5) is 24.1. The van der Waals surface area contributed by atoms with Gasteiger partial charge < -0.3 is 20.1 Å². The van der Waals surface area contributed by atoms with Gasteiger partial charge in [0, 0.05) is 26.6 Å². The van der Waals surface area contributed by atoms with E-state index in [2.05, 4.69) is 10.0 Å². The number of hydrogen-bond acceptors (Lipinski definition) is 5. The van der Waals surface area contributed by atoms with Crippen molar-refractivity contribution in [2.24, 2.45) is 0 Å². The predicted molar refractivity (Wildman–Crippen MR) is 69.8 cm³/mol. The number of carboxylic acid groups (broad SMARTS) is 1. The van der Waals surface area contributed by atoms with Crippen molar-refractivity contribution in [2.45, 2.75) is 18.6 Å². The lowest BCUT2D eigenvalue weighted by molar-refractivity contribution is -0.141. The normalized spacial score (nSPS) is 22.8. The van der Waals surface area contributed by atoms with Gasteiger partial charge in [-0.1, -0.05) is 0 Å². The zero-order chi connectivity index (χ0) is 15.3. The summed E-state index contributed by atoms with van der Waals surface area (Å²) in [7, 11) is -0.680. The Morgan fingerprint density at radius 1 is 1.45 bits per heavy atom. The molecular formula is C10H19N3O6S. The Hall–Kier alpha value is -1.39. The van der Waals surface area contributed by atoms with Crippen LogP contribution >= 0.6 is 0 Å². The van der Waals surface area contributed by atoms with Gasteiger partial charge >= 0.3 is 12.0 Å². The summed E-state index contributed by atoms with van der Waals surface area (Å²) in [5.74, 6) is -1.38. The van der Waals surface area contributed by atoms with Crippen LogP contribution in [0.2, 0.25) is 0 Å². The third-order valence-corrected chi connectivity index (χ3v) is 4.46. The molecule has 2 amide bonds. The Morgan fingerprint density at radius 3 is 2.60 bits per heavy atom. The third-order valence-electron chi connectivity index (χ3n) is 3.10. The maximum absolute atomic E-state index is 11.9. The summed E-state index contributed by atoms with van der Waals surface area (Å²) in [5, 5.41) is 11.4. The molecule has 0 aromatic rings. The van der Waals surface area contributed by atoms with Gasteiger partial charge in [-0.2, -0.15) is 0 Å². The topological polar surface area (TPSA) is 125 Å². The molecule has 3 N–H and O–H groups in total. The maximum Gasteiger partial charge on any atom is 0.326 e. The van der Waals surface area contributed by atoms with Crippen molar-refractivity contribution < 1.29 is 27.9 Å². The molecule has 1 fully saturated rings. The van der Waals surface area contributed by atoms with E-state index in [1.54, 1.807) is 0 Å². The first-order valence-electron chi connectivity index (χ1n) is 6.02. The number of amides is 2. The van der Waals surface area contributed by atoms with Crippen LogP contribution in [0.25, 0.3) is 0 Å². The number of ether oxygens (including phenoxy) is 1. The average Bonchev–Trinajstić information content (AvgIpc) is 2.83. The highest BCUT2D eigenvalue weighted by molar-refractivity contribution is 7.89. The number of nitrogens with one attached hydrogen (secondary N) is 2. The van der Waals surface area contributed by atoms with Crippen molar-refractivity contribution >= 4 is 22.0 Å². The summed E-state index contributed by atoms with van der Waals surface area (Å²) in [6.07, 6.45) is -0.114. The summed E-state index contributed by atoms with van der Waals surface area (Å²) in [6.45, 7) is 0.0700. The van der Waals surface area contributed by atoms with E-state index in [-0.39, 0.29) is 31.4 Å². The van der Waals surface area contributed by atoms with Crippen LogP contribution in [0.15, 0.2) is 0 Å². The minimum Gasteiger partial charge on any atom is -0.480 e. The molecule has 10 heteroatoms. The van der Waals surface area contributed by atoms with E-state index in [0.29, 0.717) is 0 Å². The molecule has 1 aliphatic heterocycles. The van der Waals surface area contributed by atoms with Crippen molar-refractivity contribution in [2.75, 3.05) is 33.0 Å². The third kappa shape index (κ3) is 4.32. The number of sulfonamides is 1. The van der Waals surface area contributed by atoms with E-state index in [1.165, 1.54) is 14.2 Å². The van der Waals surface area contributed by atoms with Crippen LogP contribution in [0.1, 0.15) is 6.42 Å². The Kier molecular flexibility index (Phi) is 5.72. The summed E-state index contributed by atoms with van der Waals surface area (Å²) < 4.78 is 29.5. The van der Waals surface area contributed by atoms with Gasteiger partial charge in [0.1, 0.15) is 6.04 Å². The van der Waals surface area contributed by atoms with Crippen LogP contribution in [-0.4, -0.2) is 75.6 Å². The molecule has 0 spiro atoms. The van der Waals surface area contributed by atoms with Crippen LogP contribution in [0.4, 0.5) is 4.79 Å². The number of hydrogen-bond donors (Lipinski definition) is 3. The molecule has 1 aliphatic rings. The molecule has 9 nitrogen and oxygen atoms in total. The first kappa shape index (κ1) is 16.7. The number of carbonyl (C=O) groups is 2. The van der Waals surface area contributed by atoms with Crippen LogP contribution in [0, 0.1) is 0 Å². The monoisotopic (exact) mass is 309 g/mol. The average molecular weight is 309 g/mol. The number of aliphatic carboxylic acids is 1. The number of urea groups is 1. The highest BCUT2D eigenvalue weighted by Crippen LogP contribution is 2.20. The van der Waals surface area contributed by atoms with E-state index >= 15 is 0 Å². The molecule has 0 aromatic heterocycles. The summed E-state index contributed by atoms with van der Waals surface area (Å²) in [5.41, 5.74) is 0. The summed E-state index contributed by atoms with van der Waals surface area (Å²) >= 11 is 0. The van der Waals surface area contributed by atoms with Gasteiger partial charge in [0.25, 0.3) is 0 Å². The Labute approximate surface area is 117 Å². The fourth-order valence-corrected chi connectivity index (χ4v) is 2.50. The Morgan fingerprint density at radius 2 is 2.10 bits per heavy atom. The Balaban J connectivity index is 2.55. The van der Waals surface area contributed by atoms with Gasteiger partial charge in [-0.25, -0.2) is 22.7 Å². The Bertz CT molecular complexity index is 466. The number of likely N-dealkylation sites (tertiary alicyclic amines) is 1. The van der Waals surface area contributed by atoms with Crippen molar-refractivity contribution in [1.82, 2.24) is 14.9 Å². The maximum atomic E-state index is 11.9. The van der Waals surface area contributed by atoms with Gasteiger partial charge in [0.2, 0.25) is 10.0 Å². The van der Waals surface area contributed by atoms with Crippen LogP contribution in [-0.2, 0) is 19.6 Å². The first-order chi connectivity index (χ1) is 9.30. The van der Waals surface area contributed by atoms with E-state index < -0.39 is 28.1 Å². The van der Waals surface area contributed by atoms with Gasteiger partial charge in [0.15, 0.2) is 0 Å². The number of carboxylic acids is 1. The van der Waals surface area contributed by atoms with Gasteiger partial charge in [0.05, 0.1) is 11.9 Å². The van der Waals surface area contributed by atoms with E-state index in [1.807, 2.05) is 0 Å². The zero-order valence-electron chi connectivity index (χ0n) is 11.3. The van der Waals surface area contributed by atoms with Crippen LogP contribution in [0.5, 0.6) is 0 Å². The molecule has 116 valence electrons. The fraction of sp³-hybridized carbons (Fsp3) is 0.800. The standard InChI is InChI=1S/C10H19N3O6S/c1-11-20(17,18)4-3-12-10(16)13-6-7(19-2)5-8(13)9(14)15/h7-8,11H,3-6H2,1-2H3,(H,12,16)(H,14,15). The number of nitrogens with zero attached hydrogens (tertiary/aromatic N) is 1. The van der Waals surface area contributed by atoms with Crippen molar-refractivity contribution in [3.63, 3.8) is 0 Å². The molecule has 2 atom stereocenters. The summed E-state index contributed by atoms with van der Waals surface area (Å²) in [6, 6.07) is -1.57.